The summed E-state index contributed by atoms with van der Waals surface area (Å²) in [6, 6.07) is 5.76. The second-order valence-electron chi connectivity index (χ2n) is 5.15. The summed E-state index contributed by atoms with van der Waals surface area (Å²) in [5.41, 5.74) is 2.18. The van der Waals surface area contributed by atoms with Crippen LogP contribution < -0.4 is 0 Å². The molecule has 1 aliphatic carbocycles. The maximum Gasteiger partial charge on any atom is 0.248 e. The molecule has 0 radical (unpaired) electrons. The molecule has 0 nitrogen and oxygen atoms in total. The quantitative estimate of drug-likeness (QED) is 0.650. The van der Waals surface area contributed by atoms with Gasteiger partial charge in [0.2, 0.25) is 5.92 Å². The van der Waals surface area contributed by atoms with Crippen molar-refractivity contribution in [2.24, 2.45) is 5.92 Å². The Labute approximate surface area is 106 Å². The van der Waals surface area contributed by atoms with Crippen LogP contribution in [0.5, 0.6) is 0 Å². The molecule has 94 valence electrons. The lowest BCUT2D eigenvalue weighted by atomic mass is 9.74. The Morgan fingerprint density at radius 2 is 2.06 bits per heavy atom. The van der Waals surface area contributed by atoms with Crippen molar-refractivity contribution in [3.63, 3.8) is 0 Å². The maximum atomic E-state index is 13.3. The van der Waals surface area contributed by atoms with E-state index >= 15 is 0 Å². The third kappa shape index (κ3) is 2.62. The first-order chi connectivity index (χ1) is 7.91. The normalized spacial score (nSPS) is 28.1. The second-order valence-corrected chi connectivity index (χ2v) is 5.56. The SMILES string of the molecule is Cc1cccc(Cl)c1C1CCC(F)(F)C[C@H]1C. The summed E-state index contributed by atoms with van der Waals surface area (Å²) in [6.45, 7) is 3.90. The van der Waals surface area contributed by atoms with Gasteiger partial charge >= 0.3 is 0 Å². The standard InChI is InChI=1S/C14H17ClF2/c1-9-4-3-5-12(15)13(9)11-6-7-14(16,17)8-10(11)2/h3-5,10-11H,6-8H2,1-2H3/t10-,11?/m1/s1. The van der Waals surface area contributed by atoms with Gasteiger partial charge in [0.05, 0.1) is 0 Å². The topological polar surface area (TPSA) is 0 Å². The van der Waals surface area contributed by atoms with Crippen LogP contribution >= 0.6 is 11.6 Å². The molecule has 1 fully saturated rings. The number of benzene rings is 1. The van der Waals surface area contributed by atoms with Crippen molar-refractivity contribution in [2.75, 3.05) is 0 Å². The fraction of sp³-hybridized carbons (Fsp3) is 0.571. The first-order valence-corrected chi connectivity index (χ1v) is 6.41. The summed E-state index contributed by atoms with van der Waals surface area (Å²) in [4.78, 5) is 0. The summed E-state index contributed by atoms with van der Waals surface area (Å²) in [5, 5.41) is 0.715. The lowest BCUT2D eigenvalue weighted by Crippen LogP contribution is -2.30. The van der Waals surface area contributed by atoms with Crippen LogP contribution in [0.4, 0.5) is 8.78 Å². The summed E-state index contributed by atoms with van der Waals surface area (Å²) in [6.07, 6.45) is 0.480. The molecule has 0 saturated heterocycles. The van der Waals surface area contributed by atoms with Gasteiger partial charge in [0.1, 0.15) is 0 Å². The highest BCUT2D eigenvalue weighted by Gasteiger charge is 2.40. The van der Waals surface area contributed by atoms with Crippen molar-refractivity contribution in [3.8, 4) is 0 Å². The average Bonchev–Trinajstić information content (AvgIpc) is 2.19. The van der Waals surface area contributed by atoms with Gasteiger partial charge in [0, 0.05) is 17.9 Å². The van der Waals surface area contributed by atoms with Crippen LogP contribution in [0.1, 0.15) is 43.2 Å². The number of alkyl halides is 2. The molecule has 3 heteroatoms. The van der Waals surface area contributed by atoms with E-state index in [1.165, 1.54) is 0 Å². The van der Waals surface area contributed by atoms with E-state index in [4.69, 9.17) is 11.6 Å². The van der Waals surface area contributed by atoms with Gasteiger partial charge in [-0.3, -0.25) is 0 Å². The van der Waals surface area contributed by atoms with Crippen LogP contribution in [0.2, 0.25) is 5.02 Å². The molecule has 0 N–H and O–H groups in total. The predicted molar refractivity (Wildman–Crippen MR) is 66.9 cm³/mol. The van der Waals surface area contributed by atoms with E-state index in [2.05, 4.69) is 0 Å². The smallest absolute Gasteiger partial charge is 0.207 e. The number of aryl methyl sites for hydroxylation is 1. The van der Waals surface area contributed by atoms with Gasteiger partial charge in [-0.05, 0) is 42.4 Å². The van der Waals surface area contributed by atoms with Crippen molar-refractivity contribution < 1.29 is 8.78 Å². The lowest BCUT2D eigenvalue weighted by molar-refractivity contribution is -0.0556. The van der Waals surface area contributed by atoms with Gasteiger partial charge in [-0.15, -0.1) is 0 Å². The Kier molecular flexibility index (Phi) is 3.44. The first-order valence-electron chi connectivity index (χ1n) is 6.03. The molecule has 1 unspecified atom stereocenters. The molecule has 1 aromatic rings. The van der Waals surface area contributed by atoms with Crippen LogP contribution in [0.15, 0.2) is 18.2 Å². The van der Waals surface area contributed by atoms with Gasteiger partial charge in [-0.2, -0.15) is 0 Å². The molecular formula is C14H17ClF2. The highest BCUT2D eigenvalue weighted by molar-refractivity contribution is 6.31. The Bertz CT molecular complexity index is 394. The Balaban J connectivity index is 2.30. The van der Waals surface area contributed by atoms with Crippen molar-refractivity contribution in [1.29, 1.82) is 0 Å². The van der Waals surface area contributed by atoms with E-state index in [-0.39, 0.29) is 24.7 Å². The molecule has 2 rings (SSSR count). The molecule has 1 aliphatic rings. The highest BCUT2D eigenvalue weighted by Crippen LogP contribution is 2.46. The van der Waals surface area contributed by atoms with Crippen LogP contribution in [-0.4, -0.2) is 5.92 Å². The summed E-state index contributed by atoms with van der Waals surface area (Å²) in [5.74, 6) is -2.34. The van der Waals surface area contributed by atoms with Gasteiger partial charge < -0.3 is 0 Å². The van der Waals surface area contributed by atoms with E-state index in [0.29, 0.717) is 11.4 Å². The first kappa shape index (κ1) is 12.8. The van der Waals surface area contributed by atoms with Crippen molar-refractivity contribution in [3.05, 3.63) is 34.3 Å². The molecule has 0 spiro atoms. The van der Waals surface area contributed by atoms with Gasteiger partial charge in [0.15, 0.2) is 0 Å². The third-order valence-corrected chi connectivity index (χ3v) is 4.10. The largest absolute Gasteiger partial charge is 0.248 e. The molecule has 0 heterocycles. The van der Waals surface area contributed by atoms with E-state index in [1.807, 2.05) is 32.0 Å². The predicted octanol–water partition coefficient (Wildman–Crippen LogP) is 5.19. The molecule has 0 aromatic heterocycles. The van der Waals surface area contributed by atoms with Crippen molar-refractivity contribution in [2.45, 2.75) is 45.0 Å². The molecule has 2 atom stereocenters. The van der Waals surface area contributed by atoms with E-state index in [0.717, 1.165) is 11.1 Å². The molecule has 0 amide bonds. The van der Waals surface area contributed by atoms with Crippen LogP contribution in [0.3, 0.4) is 0 Å². The zero-order chi connectivity index (χ0) is 12.6. The van der Waals surface area contributed by atoms with Crippen LogP contribution in [0.25, 0.3) is 0 Å². The fourth-order valence-electron chi connectivity index (χ4n) is 2.91. The van der Waals surface area contributed by atoms with E-state index < -0.39 is 5.92 Å². The average molecular weight is 259 g/mol. The summed E-state index contributed by atoms with van der Waals surface area (Å²) < 4.78 is 26.6. The molecule has 0 aliphatic heterocycles. The molecular weight excluding hydrogens is 242 g/mol. The number of halogens is 3. The highest BCUT2D eigenvalue weighted by atomic mass is 35.5. The zero-order valence-electron chi connectivity index (χ0n) is 10.1. The third-order valence-electron chi connectivity index (χ3n) is 3.77. The molecule has 0 bridgehead atoms. The van der Waals surface area contributed by atoms with Crippen molar-refractivity contribution >= 4 is 11.6 Å². The number of hydrogen-bond donors (Lipinski definition) is 0. The van der Waals surface area contributed by atoms with Crippen molar-refractivity contribution in [1.82, 2.24) is 0 Å². The second kappa shape index (κ2) is 4.56. The van der Waals surface area contributed by atoms with Gasteiger partial charge in [-0.1, -0.05) is 30.7 Å². The van der Waals surface area contributed by atoms with E-state index in [9.17, 15) is 8.78 Å². The van der Waals surface area contributed by atoms with Crippen LogP contribution in [-0.2, 0) is 0 Å². The molecule has 17 heavy (non-hydrogen) atoms. The number of hydrogen-bond acceptors (Lipinski definition) is 0. The Hall–Kier alpha value is -0.630. The molecule has 1 aromatic carbocycles. The van der Waals surface area contributed by atoms with Crippen LogP contribution in [0, 0.1) is 12.8 Å². The van der Waals surface area contributed by atoms with E-state index in [1.54, 1.807) is 0 Å². The maximum absolute atomic E-state index is 13.3. The molecule has 1 saturated carbocycles. The lowest BCUT2D eigenvalue weighted by Gasteiger charge is -2.35. The Morgan fingerprint density at radius 1 is 1.35 bits per heavy atom. The number of rotatable bonds is 1. The summed E-state index contributed by atoms with van der Waals surface area (Å²) in [7, 11) is 0. The van der Waals surface area contributed by atoms with Gasteiger partial charge in [-0.25, -0.2) is 8.78 Å². The minimum Gasteiger partial charge on any atom is -0.207 e. The Morgan fingerprint density at radius 3 is 2.65 bits per heavy atom. The summed E-state index contributed by atoms with van der Waals surface area (Å²) >= 11 is 6.21. The minimum absolute atomic E-state index is 0.0163. The fourth-order valence-corrected chi connectivity index (χ4v) is 3.27. The zero-order valence-corrected chi connectivity index (χ0v) is 10.9. The monoisotopic (exact) mass is 258 g/mol. The minimum atomic E-state index is -2.49. The van der Waals surface area contributed by atoms with Gasteiger partial charge in [0.25, 0.3) is 0 Å².